The molecule has 0 radical (unpaired) electrons. The highest BCUT2D eigenvalue weighted by Gasteiger charge is 2.19. The van der Waals surface area contributed by atoms with Gasteiger partial charge in [0.05, 0.1) is 10.6 Å². The second-order valence-corrected chi connectivity index (χ2v) is 8.71. The maximum absolute atomic E-state index is 13.6. The molecule has 2 aromatic carbocycles. The Morgan fingerprint density at radius 2 is 1.71 bits per heavy atom. The van der Waals surface area contributed by atoms with Gasteiger partial charge in [-0.05, 0) is 56.3 Å². The SMILES string of the molecule is O=c1c2ccccc2c2nc3ccc(NCCN4CCCC4)nn3c2n1-c1ccc([N+](=O)[O-])cc1. The Morgan fingerprint density at radius 1 is 0.971 bits per heavy atom. The van der Waals surface area contributed by atoms with Gasteiger partial charge in [-0.25, -0.2) is 4.98 Å². The summed E-state index contributed by atoms with van der Waals surface area (Å²) in [5.41, 5.74) is 1.99. The van der Waals surface area contributed by atoms with Crippen molar-refractivity contribution in [2.45, 2.75) is 12.8 Å². The van der Waals surface area contributed by atoms with Crippen molar-refractivity contribution in [2.75, 3.05) is 31.5 Å². The molecule has 1 fully saturated rings. The van der Waals surface area contributed by atoms with Crippen molar-refractivity contribution >= 4 is 39.1 Å². The van der Waals surface area contributed by atoms with Crippen LogP contribution in [-0.4, -0.2) is 55.2 Å². The number of anilines is 1. The van der Waals surface area contributed by atoms with Crippen molar-refractivity contribution in [1.82, 2.24) is 24.1 Å². The molecular weight excluding hydrogens is 446 g/mol. The van der Waals surface area contributed by atoms with Gasteiger partial charge in [0.1, 0.15) is 11.3 Å². The highest BCUT2D eigenvalue weighted by Crippen LogP contribution is 2.26. The fraction of sp³-hybridized carbons (Fsp3) is 0.240. The molecule has 1 N–H and O–H groups in total. The molecule has 0 aliphatic carbocycles. The van der Waals surface area contributed by atoms with Crippen LogP contribution in [0.3, 0.4) is 0 Å². The van der Waals surface area contributed by atoms with Crippen LogP contribution in [0.2, 0.25) is 0 Å². The third-order valence-electron chi connectivity index (χ3n) is 6.53. The highest BCUT2D eigenvalue weighted by atomic mass is 16.6. The van der Waals surface area contributed by atoms with E-state index in [4.69, 9.17) is 10.1 Å². The normalized spacial score (nSPS) is 14.3. The van der Waals surface area contributed by atoms with Crippen molar-refractivity contribution in [3.05, 3.63) is 81.1 Å². The molecular formula is C25H23N7O3. The molecule has 1 aliphatic heterocycles. The summed E-state index contributed by atoms with van der Waals surface area (Å²) in [6.07, 6.45) is 2.50. The van der Waals surface area contributed by atoms with Crippen molar-refractivity contribution in [1.29, 1.82) is 0 Å². The molecule has 0 unspecified atom stereocenters. The number of nitrogens with zero attached hydrogens (tertiary/aromatic N) is 6. The Hall–Kier alpha value is -4.31. The zero-order valence-electron chi connectivity index (χ0n) is 18.9. The minimum Gasteiger partial charge on any atom is -0.367 e. The van der Waals surface area contributed by atoms with Crippen LogP contribution in [-0.2, 0) is 0 Å². The van der Waals surface area contributed by atoms with Crippen LogP contribution >= 0.6 is 0 Å². The first-order valence-electron chi connectivity index (χ1n) is 11.6. The molecule has 4 heterocycles. The van der Waals surface area contributed by atoms with Crippen molar-refractivity contribution in [3.8, 4) is 5.69 Å². The number of nitro benzene ring substituents is 1. The molecule has 10 heteroatoms. The van der Waals surface area contributed by atoms with Gasteiger partial charge in [-0.3, -0.25) is 19.5 Å². The van der Waals surface area contributed by atoms with E-state index in [1.165, 1.54) is 29.5 Å². The summed E-state index contributed by atoms with van der Waals surface area (Å²) in [5.74, 6) is 0.687. The molecule has 3 aromatic heterocycles. The van der Waals surface area contributed by atoms with Crippen LogP contribution in [0.1, 0.15) is 12.8 Å². The lowest BCUT2D eigenvalue weighted by Gasteiger charge is -2.15. The van der Waals surface area contributed by atoms with Crippen LogP contribution in [0.4, 0.5) is 11.5 Å². The molecule has 0 spiro atoms. The smallest absolute Gasteiger partial charge is 0.269 e. The van der Waals surface area contributed by atoms with Crippen molar-refractivity contribution in [3.63, 3.8) is 0 Å². The van der Waals surface area contributed by atoms with Gasteiger partial charge in [0.2, 0.25) is 0 Å². The van der Waals surface area contributed by atoms with Gasteiger partial charge in [0.15, 0.2) is 11.3 Å². The summed E-state index contributed by atoms with van der Waals surface area (Å²) in [5, 5.41) is 20.6. The summed E-state index contributed by atoms with van der Waals surface area (Å²) in [7, 11) is 0. The Labute approximate surface area is 199 Å². The number of aromatic nitrogens is 4. The maximum Gasteiger partial charge on any atom is 0.269 e. The zero-order valence-corrected chi connectivity index (χ0v) is 18.9. The van der Waals surface area contributed by atoms with Gasteiger partial charge < -0.3 is 10.2 Å². The lowest BCUT2D eigenvalue weighted by molar-refractivity contribution is -0.384. The first kappa shape index (κ1) is 21.2. The number of nitrogens with one attached hydrogen (secondary N) is 1. The van der Waals surface area contributed by atoms with E-state index in [-0.39, 0.29) is 11.2 Å². The van der Waals surface area contributed by atoms with Crippen LogP contribution in [0.15, 0.2) is 65.5 Å². The molecule has 6 rings (SSSR count). The molecule has 0 amide bonds. The zero-order chi connectivity index (χ0) is 23.9. The summed E-state index contributed by atoms with van der Waals surface area (Å²) >= 11 is 0. The monoisotopic (exact) mass is 469 g/mol. The van der Waals surface area contributed by atoms with Crippen molar-refractivity contribution < 1.29 is 4.92 Å². The third kappa shape index (κ3) is 3.68. The summed E-state index contributed by atoms with van der Waals surface area (Å²) < 4.78 is 3.20. The minimum atomic E-state index is -0.460. The number of likely N-dealkylation sites (tertiary alicyclic amines) is 1. The fourth-order valence-electron chi connectivity index (χ4n) is 4.80. The molecule has 1 aliphatic rings. The lowest BCUT2D eigenvalue weighted by Crippen LogP contribution is -2.26. The Bertz CT molecular complexity index is 1630. The van der Waals surface area contributed by atoms with Crippen molar-refractivity contribution in [2.24, 2.45) is 0 Å². The number of non-ortho nitro benzene ring substituents is 1. The van der Waals surface area contributed by atoms with Gasteiger partial charge in [0, 0.05) is 36.0 Å². The molecule has 1 saturated heterocycles. The average Bonchev–Trinajstić information content (AvgIpc) is 3.53. The van der Waals surface area contributed by atoms with E-state index in [1.54, 1.807) is 22.7 Å². The Morgan fingerprint density at radius 3 is 2.46 bits per heavy atom. The lowest BCUT2D eigenvalue weighted by atomic mass is 10.1. The van der Waals surface area contributed by atoms with Gasteiger partial charge >= 0.3 is 0 Å². The summed E-state index contributed by atoms with van der Waals surface area (Å²) in [6, 6.07) is 17.0. The van der Waals surface area contributed by atoms with E-state index < -0.39 is 4.92 Å². The quantitative estimate of drug-likeness (QED) is 0.299. The standard InChI is InChI=1S/C25H23N7O3/c33-25-20-6-2-1-5-19(20)23-24(30(25)17-7-9-18(10-8-17)32(34)35)31-22(27-23)12-11-21(28-31)26-13-16-29-14-3-4-15-29/h1-2,5-12H,3-4,13-16H2,(H,26,28). The van der Waals surface area contributed by atoms with Crippen LogP contribution in [0.5, 0.6) is 0 Å². The molecule has 0 atom stereocenters. The number of hydrogen-bond donors (Lipinski definition) is 1. The summed E-state index contributed by atoms with van der Waals surface area (Å²) in [4.78, 5) is 31.6. The molecule has 35 heavy (non-hydrogen) atoms. The van der Waals surface area contributed by atoms with Gasteiger partial charge in [0.25, 0.3) is 11.2 Å². The van der Waals surface area contributed by atoms with E-state index in [0.717, 1.165) is 31.6 Å². The molecule has 176 valence electrons. The molecule has 0 bridgehead atoms. The average molecular weight is 470 g/mol. The van der Waals surface area contributed by atoms with E-state index >= 15 is 0 Å². The van der Waals surface area contributed by atoms with E-state index in [2.05, 4.69) is 10.2 Å². The largest absolute Gasteiger partial charge is 0.367 e. The minimum absolute atomic E-state index is 0.0420. The molecule has 5 aromatic rings. The van der Waals surface area contributed by atoms with Crippen LogP contribution < -0.4 is 10.9 Å². The highest BCUT2D eigenvalue weighted by molar-refractivity contribution is 6.04. The Kier molecular flexibility index (Phi) is 5.14. The maximum atomic E-state index is 13.6. The first-order valence-corrected chi connectivity index (χ1v) is 11.6. The third-order valence-corrected chi connectivity index (χ3v) is 6.53. The number of benzene rings is 2. The second-order valence-electron chi connectivity index (χ2n) is 8.71. The number of pyridine rings is 1. The van der Waals surface area contributed by atoms with Gasteiger partial charge in [-0.1, -0.05) is 18.2 Å². The topological polar surface area (TPSA) is 111 Å². The van der Waals surface area contributed by atoms with Crippen LogP contribution in [0.25, 0.3) is 33.3 Å². The number of rotatable bonds is 6. The van der Waals surface area contributed by atoms with E-state index in [9.17, 15) is 14.9 Å². The van der Waals surface area contributed by atoms with E-state index in [0.29, 0.717) is 33.7 Å². The van der Waals surface area contributed by atoms with Crippen LogP contribution in [0, 0.1) is 10.1 Å². The van der Waals surface area contributed by atoms with Gasteiger partial charge in [-0.2, -0.15) is 4.52 Å². The number of nitro groups is 1. The first-order chi connectivity index (χ1) is 17.1. The predicted molar refractivity (Wildman–Crippen MR) is 134 cm³/mol. The second kappa shape index (κ2) is 8.48. The predicted octanol–water partition coefficient (Wildman–Crippen LogP) is 3.60. The number of hydrogen-bond acceptors (Lipinski definition) is 7. The van der Waals surface area contributed by atoms with E-state index in [1.807, 2.05) is 30.3 Å². The number of fused-ring (bicyclic) bond motifs is 5. The molecule has 0 saturated carbocycles. The van der Waals surface area contributed by atoms with Gasteiger partial charge in [-0.15, -0.1) is 5.10 Å². The fourth-order valence-corrected chi connectivity index (χ4v) is 4.80. The summed E-state index contributed by atoms with van der Waals surface area (Å²) in [6.45, 7) is 3.98. The Balaban J connectivity index is 1.52. The number of imidazole rings is 1. The molecule has 10 nitrogen and oxygen atoms in total.